The van der Waals surface area contributed by atoms with Crippen LogP contribution in [0.4, 0.5) is 4.39 Å². The van der Waals surface area contributed by atoms with Gasteiger partial charge in [-0.1, -0.05) is 28.6 Å². The first-order chi connectivity index (χ1) is 11.1. The van der Waals surface area contributed by atoms with Crippen molar-refractivity contribution in [3.05, 3.63) is 52.9 Å². The molecule has 8 heteroatoms. The van der Waals surface area contributed by atoms with Gasteiger partial charge in [-0.3, -0.25) is 0 Å². The van der Waals surface area contributed by atoms with E-state index >= 15 is 0 Å². The fraction of sp³-hybridized carbons (Fsp3) is 0.200. The van der Waals surface area contributed by atoms with Crippen LogP contribution in [0.3, 0.4) is 0 Å². The van der Waals surface area contributed by atoms with Crippen LogP contribution in [0.1, 0.15) is 22.8 Å². The molecule has 0 unspecified atom stereocenters. The third-order valence-electron chi connectivity index (χ3n) is 3.64. The molecule has 0 aliphatic rings. The Balaban J connectivity index is 1.75. The molecule has 23 heavy (non-hydrogen) atoms. The maximum absolute atomic E-state index is 13.4. The summed E-state index contributed by atoms with van der Waals surface area (Å²) in [5.74, 6) is 1.18. The first kappa shape index (κ1) is 14.0. The highest BCUT2D eigenvalue weighted by molar-refractivity contribution is 7.19. The molecule has 3 heterocycles. The normalized spacial score (nSPS) is 11.4. The van der Waals surface area contributed by atoms with Crippen molar-refractivity contribution in [1.82, 2.24) is 25.0 Å². The monoisotopic (exact) mass is 329 g/mol. The second-order valence-corrected chi connectivity index (χ2v) is 6.16. The predicted octanol–water partition coefficient (Wildman–Crippen LogP) is 3.19. The molecule has 4 rings (SSSR count). The number of aromatic nitrogens is 5. The molecule has 0 spiro atoms. The van der Waals surface area contributed by atoms with E-state index in [4.69, 9.17) is 4.52 Å². The summed E-state index contributed by atoms with van der Waals surface area (Å²) >= 11 is 1.37. The number of rotatable bonds is 3. The van der Waals surface area contributed by atoms with Gasteiger partial charge in [0.2, 0.25) is 4.96 Å². The fourth-order valence-electron chi connectivity index (χ4n) is 2.42. The van der Waals surface area contributed by atoms with Crippen molar-refractivity contribution < 1.29 is 8.91 Å². The summed E-state index contributed by atoms with van der Waals surface area (Å²) in [7, 11) is 0. The lowest BCUT2D eigenvalue weighted by Crippen LogP contribution is -1.99. The molecular weight excluding hydrogens is 317 g/mol. The van der Waals surface area contributed by atoms with Crippen molar-refractivity contribution in [2.75, 3.05) is 0 Å². The lowest BCUT2D eigenvalue weighted by Gasteiger charge is -1.97. The number of benzene rings is 1. The first-order valence-corrected chi connectivity index (χ1v) is 7.82. The maximum Gasteiger partial charge on any atom is 0.234 e. The Morgan fingerprint density at radius 1 is 1.26 bits per heavy atom. The minimum Gasteiger partial charge on any atom is -0.361 e. The van der Waals surface area contributed by atoms with Gasteiger partial charge in [0, 0.05) is 17.5 Å². The van der Waals surface area contributed by atoms with Crippen LogP contribution in [0.5, 0.6) is 0 Å². The minimum absolute atomic E-state index is 0.288. The van der Waals surface area contributed by atoms with Crippen LogP contribution < -0.4 is 0 Å². The first-order valence-electron chi connectivity index (χ1n) is 7.00. The molecule has 4 aromatic rings. The Hall–Kier alpha value is -2.61. The van der Waals surface area contributed by atoms with E-state index in [1.165, 1.54) is 23.5 Å². The molecule has 0 radical (unpaired) electrons. The molecule has 0 amide bonds. The number of halogens is 1. The third-order valence-corrected chi connectivity index (χ3v) is 4.59. The van der Waals surface area contributed by atoms with Crippen LogP contribution in [0.25, 0.3) is 15.5 Å². The zero-order valence-corrected chi connectivity index (χ0v) is 13.3. The largest absolute Gasteiger partial charge is 0.361 e. The molecular formula is C15H12FN5OS. The van der Waals surface area contributed by atoms with Crippen molar-refractivity contribution in [3.8, 4) is 10.6 Å². The molecule has 6 nitrogen and oxygen atoms in total. The van der Waals surface area contributed by atoms with Crippen molar-refractivity contribution in [2.24, 2.45) is 0 Å². The zero-order chi connectivity index (χ0) is 16.0. The molecule has 1 aromatic carbocycles. The van der Waals surface area contributed by atoms with Crippen LogP contribution in [0.2, 0.25) is 0 Å². The van der Waals surface area contributed by atoms with E-state index in [1.54, 1.807) is 10.6 Å². The number of hydrogen-bond donors (Lipinski definition) is 0. The van der Waals surface area contributed by atoms with Crippen LogP contribution in [0.15, 0.2) is 28.8 Å². The molecule has 0 aliphatic carbocycles. The Kier molecular flexibility index (Phi) is 3.19. The van der Waals surface area contributed by atoms with E-state index in [2.05, 4.69) is 20.5 Å². The Labute approximate surface area is 134 Å². The lowest BCUT2D eigenvalue weighted by atomic mass is 10.1. The molecule has 116 valence electrons. The minimum atomic E-state index is -0.288. The maximum atomic E-state index is 13.4. The van der Waals surface area contributed by atoms with E-state index < -0.39 is 0 Å². The van der Waals surface area contributed by atoms with Gasteiger partial charge in [0.05, 0.1) is 5.69 Å². The van der Waals surface area contributed by atoms with Gasteiger partial charge in [-0.25, -0.2) is 4.39 Å². The molecule has 0 saturated heterocycles. The van der Waals surface area contributed by atoms with Gasteiger partial charge in [-0.05, 0) is 26.0 Å². The average Bonchev–Trinajstić information content (AvgIpc) is 3.19. The van der Waals surface area contributed by atoms with Crippen LogP contribution in [-0.4, -0.2) is 25.0 Å². The van der Waals surface area contributed by atoms with Gasteiger partial charge < -0.3 is 4.52 Å². The number of hydrogen-bond acceptors (Lipinski definition) is 6. The van der Waals surface area contributed by atoms with E-state index in [0.717, 1.165) is 22.6 Å². The topological polar surface area (TPSA) is 69.1 Å². The molecule has 0 fully saturated rings. The number of fused-ring (bicyclic) bond motifs is 1. The number of nitrogens with zero attached hydrogens (tertiary/aromatic N) is 5. The average molecular weight is 329 g/mol. The van der Waals surface area contributed by atoms with Crippen molar-refractivity contribution in [3.63, 3.8) is 0 Å². The van der Waals surface area contributed by atoms with Crippen molar-refractivity contribution >= 4 is 16.3 Å². The standard InChI is InChI=1S/C15H12FN5OS/c1-8-12(9(2)22-20-8)7-13-17-18-15-21(13)19-14(23-15)10-4-3-5-11(16)6-10/h3-6H,7H2,1-2H3. The van der Waals surface area contributed by atoms with Crippen LogP contribution in [0, 0.1) is 19.7 Å². The molecule has 3 aromatic heterocycles. The Bertz CT molecular complexity index is 983. The third kappa shape index (κ3) is 2.40. The lowest BCUT2D eigenvalue weighted by molar-refractivity contribution is 0.392. The fourth-order valence-corrected chi connectivity index (χ4v) is 3.27. The highest BCUT2D eigenvalue weighted by Crippen LogP contribution is 2.26. The summed E-state index contributed by atoms with van der Waals surface area (Å²) in [6, 6.07) is 6.35. The second kappa shape index (κ2) is 5.24. The quantitative estimate of drug-likeness (QED) is 0.577. The second-order valence-electron chi connectivity index (χ2n) is 5.21. The number of aryl methyl sites for hydroxylation is 2. The van der Waals surface area contributed by atoms with Gasteiger partial charge in [0.1, 0.15) is 16.6 Å². The summed E-state index contributed by atoms with van der Waals surface area (Å²) in [4.78, 5) is 0.672. The predicted molar refractivity (Wildman–Crippen MR) is 82.8 cm³/mol. The smallest absolute Gasteiger partial charge is 0.234 e. The van der Waals surface area contributed by atoms with Crippen LogP contribution >= 0.6 is 11.3 Å². The zero-order valence-electron chi connectivity index (χ0n) is 12.4. The highest BCUT2D eigenvalue weighted by atomic mass is 32.1. The van der Waals surface area contributed by atoms with Gasteiger partial charge in [0.25, 0.3) is 0 Å². The molecule has 0 saturated carbocycles. The van der Waals surface area contributed by atoms with Crippen molar-refractivity contribution in [2.45, 2.75) is 20.3 Å². The molecule has 0 atom stereocenters. The highest BCUT2D eigenvalue weighted by Gasteiger charge is 2.17. The van der Waals surface area contributed by atoms with E-state index in [-0.39, 0.29) is 5.82 Å². The van der Waals surface area contributed by atoms with Gasteiger partial charge >= 0.3 is 0 Å². The molecule has 0 bridgehead atoms. The van der Waals surface area contributed by atoms with Gasteiger partial charge in [-0.15, -0.1) is 10.2 Å². The Morgan fingerprint density at radius 2 is 2.13 bits per heavy atom. The summed E-state index contributed by atoms with van der Waals surface area (Å²) < 4.78 is 20.2. The summed E-state index contributed by atoms with van der Waals surface area (Å²) in [5.41, 5.74) is 2.54. The molecule has 0 aliphatic heterocycles. The van der Waals surface area contributed by atoms with E-state index in [0.29, 0.717) is 22.2 Å². The van der Waals surface area contributed by atoms with Gasteiger partial charge in [0.15, 0.2) is 5.82 Å². The van der Waals surface area contributed by atoms with Crippen LogP contribution in [-0.2, 0) is 6.42 Å². The summed E-state index contributed by atoms with van der Waals surface area (Å²) in [5, 5.41) is 17.5. The summed E-state index contributed by atoms with van der Waals surface area (Å²) in [6.45, 7) is 3.76. The van der Waals surface area contributed by atoms with Gasteiger partial charge in [-0.2, -0.15) is 9.61 Å². The Morgan fingerprint density at radius 3 is 2.87 bits per heavy atom. The van der Waals surface area contributed by atoms with E-state index in [1.807, 2.05) is 19.9 Å². The molecule has 0 N–H and O–H groups in total. The summed E-state index contributed by atoms with van der Waals surface area (Å²) in [6.07, 6.45) is 0.536. The SMILES string of the molecule is Cc1noc(C)c1Cc1nnc2sc(-c3cccc(F)c3)nn12. The van der Waals surface area contributed by atoms with E-state index in [9.17, 15) is 4.39 Å². The van der Waals surface area contributed by atoms with Crippen molar-refractivity contribution in [1.29, 1.82) is 0 Å².